The predicted octanol–water partition coefficient (Wildman–Crippen LogP) is 5.86. The monoisotopic (exact) mass is 353 g/mol. The van der Waals surface area contributed by atoms with Crippen LogP contribution in [0.25, 0.3) is 22.3 Å². The van der Waals surface area contributed by atoms with Gasteiger partial charge in [0.1, 0.15) is 5.82 Å². The minimum absolute atomic E-state index is 0.743. The van der Waals surface area contributed by atoms with E-state index in [1.165, 1.54) is 11.1 Å². The maximum absolute atomic E-state index is 4.82. The van der Waals surface area contributed by atoms with E-state index in [1.54, 1.807) is 0 Å². The number of aryl methyl sites for hydroxylation is 1. The standard InChI is InChI=1S/C24H23N3/c1-2-9-18-10-8-11-19(16-18)17-25-24-21-14-6-7-15-22(21)26-23(27-24)20-12-4-3-5-13-20/h3-8,10-16H,2,9,17H2,1H3,(H,25,26,27). The van der Waals surface area contributed by atoms with Crippen LogP contribution < -0.4 is 5.32 Å². The van der Waals surface area contributed by atoms with Crippen LogP contribution in [0.5, 0.6) is 0 Å². The molecule has 0 aliphatic rings. The van der Waals surface area contributed by atoms with Crippen LogP contribution in [0.3, 0.4) is 0 Å². The van der Waals surface area contributed by atoms with Crippen molar-refractivity contribution in [3.63, 3.8) is 0 Å². The molecule has 134 valence electrons. The Hall–Kier alpha value is -3.20. The van der Waals surface area contributed by atoms with Gasteiger partial charge in [-0.1, -0.05) is 80.1 Å². The van der Waals surface area contributed by atoms with Gasteiger partial charge < -0.3 is 5.32 Å². The summed E-state index contributed by atoms with van der Waals surface area (Å²) >= 11 is 0. The molecule has 0 radical (unpaired) electrons. The summed E-state index contributed by atoms with van der Waals surface area (Å²) in [7, 11) is 0. The van der Waals surface area contributed by atoms with Crippen molar-refractivity contribution in [3.05, 3.63) is 90.0 Å². The zero-order valence-electron chi connectivity index (χ0n) is 15.5. The fourth-order valence-electron chi connectivity index (χ4n) is 3.30. The van der Waals surface area contributed by atoms with Crippen LogP contribution in [0.1, 0.15) is 24.5 Å². The van der Waals surface area contributed by atoms with Crippen molar-refractivity contribution in [1.82, 2.24) is 9.97 Å². The van der Waals surface area contributed by atoms with Gasteiger partial charge >= 0.3 is 0 Å². The number of aromatic nitrogens is 2. The van der Waals surface area contributed by atoms with Gasteiger partial charge in [0.15, 0.2) is 5.82 Å². The second kappa shape index (κ2) is 8.00. The fraction of sp³-hybridized carbons (Fsp3) is 0.167. The summed E-state index contributed by atoms with van der Waals surface area (Å²) in [5.41, 5.74) is 4.63. The number of hydrogen-bond acceptors (Lipinski definition) is 3. The van der Waals surface area contributed by atoms with E-state index in [9.17, 15) is 0 Å². The Bertz CT molecular complexity index is 1040. The summed E-state index contributed by atoms with van der Waals surface area (Å²) in [5, 5.41) is 4.58. The van der Waals surface area contributed by atoms with Crippen molar-refractivity contribution in [2.75, 3.05) is 5.32 Å². The van der Waals surface area contributed by atoms with Crippen molar-refractivity contribution in [3.8, 4) is 11.4 Å². The Morgan fingerprint density at radius 3 is 2.41 bits per heavy atom. The second-order valence-corrected chi connectivity index (χ2v) is 6.70. The van der Waals surface area contributed by atoms with Crippen molar-refractivity contribution in [2.24, 2.45) is 0 Å². The average molecular weight is 353 g/mol. The molecule has 1 N–H and O–H groups in total. The number of benzene rings is 3. The van der Waals surface area contributed by atoms with Gasteiger partial charge in [0.25, 0.3) is 0 Å². The summed E-state index contributed by atoms with van der Waals surface area (Å²) < 4.78 is 0. The van der Waals surface area contributed by atoms with Gasteiger partial charge in [-0.3, -0.25) is 0 Å². The minimum Gasteiger partial charge on any atom is -0.365 e. The molecule has 4 rings (SSSR count). The smallest absolute Gasteiger partial charge is 0.162 e. The highest BCUT2D eigenvalue weighted by molar-refractivity contribution is 5.90. The van der Waals surface area contributed by atoms with E-state index in [0.29, 0.717) is 0 Å². The zero-order valence-corrected chi connectivity index (χ0v) is 15.5. The normalized spacial score (nSPS) is 10.9. The summed E-state index contributed by atoms with van der Waals surface area (Å²) in [6, 6.07) is 27.0. The van der Waals surface area contributed by atoms with Crippen LogP contribution >= 0.6 is 0 Å². The van der Waals surface area contributed by atoms with Crippen LogP contribution in [0, 0.1) is 0 Å². The van der Waals surface area contributed by atoms with Crippen LogP contribution in [0.4, 0.5) is 5.82 Å². The first-order chi connectivity index (χ1) is 13.3. The predicted molar refractivity (Wildman–Crippen MR) is 113 cm³/mol. The van der Waals surface area contributed by atoms with Crippen molar-refractivity contribution >= 4 is 16.7 Å². The Kier molecular flexibility index (Phi) is 5.10. The van der Waals surface area contributed by atoms with Gasteiger partial charge in [0.2, 0.25) is 0 Å². The number of nitrogens with one attached hydrogen (secondary N) is 1. The van der Waals surface area contributed by atoms with Crippen molar-refractivity contribution in [2.45, 2.75) is 26.3 Å². The zero-order chi connectivity index (χ0) is 18.5. The van der Waals surface area contributed by atoms with Gasteiger partial charge in [-0.2, -0.15) is 0 Å². The molecule has 1 heterocycles. The van der Waals surface area contributed by atoms with E-state index in [4.69, 9.17) is 9.97 Å². The van der Waals surface area contributed by atoms with E-state index in [-0.39, 0.29) is 0 Å². The SMILES string of the molecule is CCCc1cccc(CNc2nc(-c3ccccc3)nc3ccccc23)c1. The number of anilines is 1. The minimum atomic E-state index is 0.743. The molecule has 0 bridgehead atoms. The largest absolute Gasteiger partial charge is 0.365 e. The molecule has 4 aromatic rings. The molecular formula is C24H23N3. The third-order valence-electron chi connectivity index (χ3n) is 4.63. The number of fused-ring (bicyclic) bond motifs is 1. The molecule has 0 unspecified atom stereocenters. The molecule has 3 nitrogen and oxygen atoms in total. The molecular weight excluding hydrogens is 330 g/mol. The lowest BCUT2D eigenvalue weighted by Gasteiger charge is -2.12. The van der Waals surface area contributed by atoms with E-state index in [1.807, 2.05) is 48.5 Å². The number of hydrogen-bond donors (Lipinski definition) is 1. The molecule has 0 amide bonds. The van der Waals surface area contributed by atoms with Crippen molar-refractivity contribution < 1.29 is 0 Å². The first-order valence-corrected chi connectivity index (χ1v) is 9.47. The first kappa shape index (κ1) is 17.2. The average Bonchev–Trinajstić information content (AvgIpc) is 2.73. The van der Waals surface area contributed by atoms with Crippen LogP contribution in [0.15, 0.2) is 78.9 Å². The summed E-state index contributed by atoms with van der Waals surface area (Å²) in [4.78, 5) is 9.57. The van der Waals surface area contributed by atoms with Gasteiger partial charge in [-0.25, -0.2) is 9.97 Å². The summed E-state index contributed by atoms with van der Waals surface area (Å²) in [6.07, 6.45) is 2.27. The lowest BCUT2D eigenvalue weighted by atomic mass is 10.1. The van der Waals surface area contributed by atoms with Gasteiger partial charge in [-0.15, -0.1) is 0 Å². The molecule has 1 aromatic heterocycles. The Balaban J connectivity index is 1.67. The van der Waals surface area contributed by atoms with Crippen LogP contribution in [-0.4, -0.2) is 9.97 Å². The maximum atomic E-state index is 4.82. The lowest BCUT2D eigenvalue weighted by Crippen LogP contribution is -2.04. The third-order valence-corrected chi connectivity index (χ3v) is 4.63. The number of rotatable bonds is 6. The number of nitrogens with zero attached hydrogens (tertiary/aromatic N) is 2. The maximum Gasteiger partial charge on any atom is 0.162 e. The Morgan fingerprint density at radius 1 is 0.778 bits per heavy atom. The Morgan fingerprint density at radius 2 is 1.56 bits per heavy atom. The van der Waals surface area contributed by atoms with Crippen molar-refractivity contribution in [1.29, 1.82) is 0 Å². The molecule has 0 atom stereocenters. The van der Waals surface area contributed by atoms with E-state index < -0.39 is 0 Å². The van der Waals surface area contributed by atoms with E-state index in [2.05, 4.69) is 42.6 Å². The molecule has 3 aromatic carbocycles. The summed E-state index contributed by atoms with van der Waals surface area (Å²) in [5.74, 6) is 1.62. The molecule has 0 aliphatic heterocycles. The molecule has 0 fully saturated rings. The van der Waals surface area contributed by atoms with Gasteiger partial charge in [0.05, 0.1) is 5.52 Å². The highest BCUT2D eigenvalue weighted by Gasteiger charge is 2.09. The number of para-hydroxylation sites is 1. The first-order valence-electron chi connectivity index (χ1n) is 9.47. The van der Waals surface area contributed by atoms with Crippen LogP contribution in [-0.2, 0) is 13.0 Å². The second-order valence-electron chi connectivity index (χ2n) is 6.70. The van der Waals surface area contributed by atoms with E-state index >= 15 is 0 Å². The highest BCUT2D eigenvalue weighted by Crippen LogP contribution is 2.25. The molecule has 0 saturated heterocycles. The van der Waals surface area contributed by atoms with Gasteiger partial charge in [0, 0.05) is 17.5 Å². The fourth-order valence-corrected chi connectivity index (χ4v) is 3.30. The topological polar surface area (TPSA) is 37.8 Å². The quantitative estimate of drug-likeness (QED) is 0.472. The van der Waals surface area contributed by atoms with E-state index in [0.717, 1.165) is 47.5 Å². The lowest BCUT2D eigenvalue weighted by molar-refractivity contribution is 0.917. The third kappa shape index (κ3) is 3.98. The Labute approximate surface area is 160 Å². The molecule has 0 saturated carbocycles. The molecule has 27 heavy (non-hydrogen) atoms. The summed E-state index contributed by atoms with van der Waals surface area (Å²) in [6.45, 7) is 2.95. The van der Waals surface area contributed by atoms with Gasteiger partial charge in [-0.05, 0) is 29.7 Å². The highest BCUT2D eigenvalue weighted by atomic mass is 15.0. The molecule has 3 heteroatoms. The molecule has 0 spiro atoms. The molecule has 0 aliphatic carbocycles. The van der Waals surface area contributed by atoms with Crippen LogP contribution in [0.2, 0.25) is 0 Å².